The molecular weight excluding hydrogens is 631 g/mol. The summed E-state index contributed by atoms with van der Waals surface area (Å²) in [7, 11) is 0. The Morgan fingerprint density at radius 1 is 0.360 bits per heavy atom. The van der Waals surface area contributed by atoms with Crippen LogP contribution in [-0.2, 0) is 0 Å². The summed E-state index contributed by atoms with van der Waals surface area (Å²) in [6, 6.07) is 56.8. The van der Waals surface area contributed by atoms with E-state index in [9.17, 15) is 0 Å². The molecule has 0 N–H and O–H groups in total. The summed E-state index contributed by atoms with van der Waals surface area (Å²) in [6.45, 7) is 0. The van der Waals surface area contributed by atoms with E-state index in [1.807, 2.05) is 72.8 Å². The number of para-hydroxylation sites is 1. The molecule has 0 unspecified atom stereocenters. The molecule has 0 saturated heterocycles. The zero-order chi connectivity index (χ0) is 33.0. The van der Waals surface area contributed by atoms with E-state index in [0.717, 1.165) is 66.3 Å². The maximum atomic E-state index is 6.44. The van der Waals surface area contributed by atoms with E-state index in [1.165, 1.54) is 14.8 Å². The second-order valence-electron chi connectivity index (χ2n) is 12.4. The predicted molar refractivity (Wildman–Crippen MR) is 207 cm³/mol. The van der Waals surface area contributed by atoms with Crippen molar-refractivity contribution in [3.63, 3.8) is 0 Å². The number of hydrogen-bond donors (Lipinski definition) is 0. The maximum Gasteiger partial charge on any atom is 0.164 e. The molecule has 0 amide bonds. The van der Waals surface area contributed by atoms with Gasteiger partial charge in [0.2, 0.25) is 0 Å². The van der Waals surface area contributed by atoms with Gasteiger partial charge in [-0.3, -0.25) is 0 Å². The number of hydrogen-bond acceptors (Lipinski definition) is 5. The first-order valence-electron chi connectivity index (χ1n) is 16.6. The van der Waals surface area contributed by atoms with Crippen LogP contribution in [0.25, 0.3) is 98.5 Å². The molecule has 0 bridgehead atoms. The first kappa shape index (κ1) is 28.6. The van der Waals surface area contributed by atoms with E-state index in [0.29, 0.717) is 17.5 Å². The molecule has 0 radical (unpaired) electrons. The van der Waals surface area contributed by atoms with Gasteiger partial charge in [0.25, 0.3) is 0 Å². The van der Waals surface area contributed by atoms with Crippen LogP contribution in [0.2, 0.25) is 0 Å². The van der Waals surface area contributed by atoms with Gasteiger partial charge < -0.3 is 4.42 Å². The highest BCUT2D eigenvalue weighted by molar-refractivity contribution is 7.26. The molecule has 0 atom stereocenters. The number of rotatable bonds is 5. The largest absolute Gasteiger partial charge is 0.456 e. The summed E-state index contributed by atoms with van der Waals surface area (Å²) < 4.78 is 8.84. The second-order valence-corrected chi connectivity index (χ2v) is 13.5. The van der Waals surface area contributed by atoms with E-state index in [2.05, 4.69) is 91.0 Å². The van der Waals surface area contributed by atoms with Crippen molar-refractivity contribution in [2.45, 2.75) is 0 Å². The van der Waals surface area contributed by atoms with Crippen molar-refractivity contribution in [2.24, 2.45) is 0 Å². The number of benzene rings is 7. The molecule has 7 aromatic carbocycles. The van der Waals surface area contributed by atoms with Crippen LogP contribution in [0.5, 0.6) is 0 Å². The summed E-state index contributed by atoms with van der Waals surface area (Å²) in [5, 5.41) is 4.59. The molecule has 0 spiro atoms. The van der Waals surface area contributed by atoms with Gasteiger partial charge in [0, 0.05) is 47.6 Å². The van der Waals surface area contributed by atoms with Crippen LogP contribution in [0.1, 0.15) is 0 Å². The molecule has 10 aromatic rings. The smallest absolute Gasteiger partial charge is 0.164 e. The van der Waals surface area contributed by atoms with Gasteiger partial charge in [-0.05, 0) is 52.6 Å². The lowest BCUT2D eigenvalue weighted by Crippen LogP contribution is -2.00. The molecular formula is C45H27N3OS. The Labute approximate surface area is 292 Å². The lowest BCUT2D eigenvalue weighted by Gasteiger charge is -2.10. The van der Waals surface area contributed by atoms with Crippen molar-refractivity contribution in [3.05, 3.63) is 164 Å². The molecule has 10 rings (SSSR count). The molecule has 50 heavy (non-hydrogen) atoms. The van der Waals surface area contributed by atoms with Gasteiger partial charge in [-0.15, -0.1) is 11.3 Å². The van der Waals surface area contributed by atoms with E-state index >= 15 is 0 Å². The number of aromatic nitrogens is 3. The van der Waals surface area contributed by atoms with Gasteiger partial charge >= 0.3 is 0 Å². The first-order chi connectivity index (χ1) is 24.8. The number of thiophene rings is 1. The highest BCUT2D eigenvalue weighted by Gasteiger charge is 2.19. The van der Waals surface area contributed by atoms with Crippen LogP contribution in [-0.4, -0.2) is 15.0 Å². The van der Waals surface area contributed by atoms with E-state index in [-0.39, 0.29) is 0 Å². The molecule has 0 aliphatic heterocycles. The quantitative estimate of drug-likeness (QED) is 0.185. The molecule has 4 nitrogen and oxygen atoms in total. The van der Waals surface area contributed by atoms with Crippen LogP contribution in [0.15, 0.2) is 168 Å². The van der Waals surface area contributed by atoms with Crippen molar-refractivity contribution in [2.75, 3.05) is 0 Å². The molecule has 0 aliphatic rings. The third kappa shape index (κ3) is 4.79. The fourth-order valence-electron chi connectivity index (χ4n) is 6.99. The van der Waals surface area contributed by atoms with E-state index in [1.54, 1.807) is 11.3 Å². The Morgan fingerprint density at radius 2 is 1.00 bits per heavy atom. The van der Waals surface area contributed by atoms with Crippen molar-refractivity contribution < 1.29 is 4.42 Å². The summed E-state index contributed by atoms with van der Waals surface area (Å²) in [5.41, 5.74) is 9.28. The molecule has 0 aliphatic carbocycles. The fraction of sp³-hybridized carbons (Fsp3) is 0. The highest BCUT2D eigenvalue weighted by atomic mass is 32.1. The summed E-state index contributed by atoms with van der Waals surface area (Å²) in [4.78, 5) is 15.1. The zero-order valence-electron chi connectivity index (χ0n) is 26.7. The minimum Gasteiger partial charge on any atom is -0.456 e. The minimum atomic E-state index is 0.655. The summed E-state index contributed by atoms with van der Waals surface area (Å²) in [6.07, 6.45) is 0. The van der Waals surface area contributed by atoms with Crippen LogP contribution in [0.4, 0.5) is 0 Å². The lowest BCUT2D eigenvalue weighted by atomic mass is 9.94. The van der Waals surface area contributed by atoms with Gasteiger partial charge in [-0.1, -0.05) is 133 Å². The molecule has 3 aromatic heterocycles. The SMILES string of the molecule is c1ccc(-c2cc(-c3ccc4c(c3)sc3cccc(-c5nc(-c6ccccc6)nc(-c6ccccc6)n5)c34)c3c(c2)oc2ccccc23)cc1. The third-order valence-corrected chi connectivity index (χ3v) is 10.5. The number of nitrogens with zero attached hydrogens (tertiary/aromatic N) is 3. The van der Waals surface area contributed by atoms with Crippen LogP contribution in [0.3, 0.4) is 0 Å². The monoisotopic (exact) mass is 657 g/mol. The summed E-state index contributed by atoms with van der Waals surface area (Å²) >= 11 is 1.80. The van der Waals surface area contributed by atoms with Crippen LogP contribution < -0.4 is 0 Å². The van der Waals surface area contributed by atoms with Gasteiger partial charge in [-0.25, -0.2) is 15.0 Å². The van der Waals surface area contributed by atoms with Crippen molar-refractivity contribution >= 4 is 53.4 Å². The van der Waals surface area contributed by atoms with Crippen LogP contribution in [0, 0.1) is 0 Å². The predicted octanol–water partition coefficient (Wildman–Crippen LogP) is 12.5. The molecule has 0 saturated carbocycles. The third-order valence-electron chi connectivity index (χ3n) is 9.33. The van der Waals surface area contributed by atoms with Gasteiger partial charge in [-0.2, -0.15) is 0 Å². The normalized spacial score (nSPS) is 11.6. The fourth-order valence-corrected chi connectivity index (χ4v) is 8.16. The van der Waals surface area contributed by atoms with Gasteiger partial charge in [0.1, 0.15) is 11.2 Å². The molecule has 3 heterocycles. The standard InChI is InChI=1S/C45H27N3OS/c1-4-13-28(14-5-1)32-25-36(41-33-19-10-11-21-37(33)49-38(41)26-32)31-23-24-34-40(27-31)50-39-22-12-20-35(42(34)39)45-47-43(29-15-6-2-7-16-29)46-44(48-45)30-17-8-3-9-18-30/h1-27H. The Balaban J connectivity index is 1.18. The van der Waals surface area contributed by atoms with Crippen molar-refractivity contribution in [3.8, 4) is 56.4 Å². The zero-order valence-corrected chi connectivity index (χ0v) is 27.6. The van der Waals surface area contributed by atoms with Crippen molar-refractivity contribution in [1.82, 2.24) is 15.0 Å². The van der Waals surface area contributed by atoms with Crippen LogP contribution >= 0.6 is 11.3 Å². The number of fused-ring (bicyclic) bond motifs is 6. The van der Waals surface area contributed by atoms with E-state index in [4.69, 9.17) is 19.4 Å². The minimum absolute atomic E-state index is 0.655. The lowest BCUT2D eigenvalue weighted by molar-refractivity contribution is 0.669. The van der Waals surface area contributed by atoms with E-state index < -0.39 is 0 Å². The van der Waals surface area contributed by atoms with Crippen molar-refractivity contribution in [1.29, 1.82) is 0 Å². The molecule has 0 fully saturated rings. The molecule has 234 valence electrons. The first-order valence-corrected chi connectivity index (χ1v) is 17.4. The van der Waals surface area contributed by atoms with Gasteiger partial charge in [0.15, 0.2) is 17.5 Å². The maximum absolute atomic E-state index is 6.44. The number of furan rings is 1. The Morgan fingerprint density at radius 3 is 1.72 bits per heavy atom. The average molecular weight is 658 g/mol. The topological polar surface area (TPSA) is 51.8 Å². The summed E-state index contributed by atoms with van der Waals surface area (Å²) in [5.74, 6) is 1.97. The Kier molecular flexibility index (Phi) is 6.64. The second kappa shape index (κ2) is 11.6. The average Bonchev–Trinajstić information content (AvgIpc) is 3.76. The Bertz CT molecular complexity index is 2800. The van der Waals surface area contributed by atoms with Gasteiger partial charge in [0.05, 0.1) is 0 Å². The Hall–Kier alpha value is -6.43. The molecule has 5 heteroatoms. The highest BCUT2D eigenvalue weighted by Crippen LogP contribution is 2.44.